The molecule has 4 unspecified atom stereocenters. The van der Waals surface area contributed by atoms with Crippen molar-refractivity contribution in [1.29, 1.82) is 0 Å². The second-order valence-electron chi connectivity index (χ2n) is 15.2. The lowest BCUT2D eigenvalue weighted by Gasteiger charge is -2.37. The minimum absolute atomic E-state index is 0.0545. The molecule has 1 aliphatic heterocycles. The van der Waals surface area contributed by atoms with Crippen LogP contribution in [0.15, 0.2) is 12.7 Å². The zero-order valence-electron chi connectivity index (χ0n) is 31.4. The molecule has 1 saturated heterocycles. The van der Waals surface area contributed by atoms with E-state index in [4.69, 9.17) is 0 Å². The zero-order chi connectivity index (χ0) is 37.1. The number of hydrogen-bond donors (Lipinski definition) is 7. The summed E-state index contributed by atoms with van der Waals surface area (Å²) < 4.78 is 0. The predicted octanol–water partition coefficient (Wildman–Crippen LogP) is 3.32. The quantitative estimate of drug-likeness (QED) is 0.0495. The van der Waals surface area contributed by atoms with E-state index in [1.54, 1.807) is 0 Å². The number of hydrogen-bond acceptors (Lipinski definition) is 8. The molecule has 2 aliphatic carbocycles. The number of ketones is 1. The van der Waals surface area contributed by atoms with Crippen LogP contribution in [0.25, 0.3) is 0 Å². The van der Waals surface area contributed by atoms with Gasteiger partial charge in [0.05, 0.1) is 6.04 Å². The smallest absolute Gasteiger partial charge is 0.315 e. The van der Waals surface area contributed by atoms with E-state index in [-0.39, 0.29) is 30.4 Å². The lowest BCUT2D eigenvalue weighted by molar-refractivity contribution is -0.144. The van der Waals surface area contributed by atoms with Crippen LogP contribution in [0.5, 0.6) is 0 Å². The number of carbonyl (C=O) groups excluding carboxylic acids is 5. The number of Topliss-reactive ketones (excluding diaryl/α,β-unsaturated/α-hetero) is 1. The second-order valence-corrected chi connectivity index (χ2v) is 15.6. The van der Waals surface area contributed by atoms with Gasteiger partial charge in [0, 0.05) is 25.7 Å². The molecule has 0 spiro atoms. The second kappa shape index (κ2) is 23.0. The van der Waals surface area contributed by atoms with Crippen LogP contribution in [-0.2, 0) is 19.2 Å². The first kappa shape index (κ1) is 43.5. The number of nitrogens with one attached hydrogen (secondary N) is 6. The van der Waals surface area contributed by atoms with Gasteiger partial charge >= 0.3 is 6.03 Å². The molecule has 2 saturated carbocycles. The summed E-state index contributed by atoms with van der Waals surface area (Å²) >= 11 is 4.29. The van der Waals surface area contributed by atoms with Crippen LogP contribution in [0.4, 0.5) is 4.79 Å². The van der Waals surface area contributed by atoms with Crippen molar-refractivity contribution < 1.29 is 24.0 Å². The molecular formula is C37H67N7O5S. The van der Waals surface area contributed by atoms with Crippen LogP contribution in [0, 0.1) is 17.3 Å². The molecule has 3 aliphatic rings. The first-order valence-electron chi connectivity index (χ1n) is 18.9. The largest absolute Gasteiger partial charge is 0.346 e. The number of unbranched alkanes of at least 4 members (excludes halogenated alkanes) is 1. The van der Waals surface area contributed by atoms with Gasteiger partial charge in [-0.2, -0.15) is 12.6 Å². The van der Waals surface area contributed by atoms with Crippen molar-refractivity contribution in [3.8, 4) is 0 Å². The van der Waals surface area contributed by atoms with E-state index in [2.05, 4.69) is 51.1 Å². The number of likely N-dealkylation sites (tertiary alicyclic amines) is 1. The van der Waals surface area contributed by atoms with E-state index in [0.717, 1.165) is 70.1 Å². The third-order valence-corrected chi connectivity index (χ3v) is 10.3. The van der Waals surface area contributed by atoms with Gasteiger partial charge in [-0.05, 0) is 88.6 Å². The van der Waals surface area contributed by atoms with Crippen LogP contribution < -0.4 is 31.9 Å². The number of thiol groups is 1. The van der Waals surface area contributed by atoms with E-state index < -0.39 is 41.1 Å². The van der Waals surface area contributed by atoms with Crippen molar-refractivity contribution >= 4 is 42.2 Å². The molecule has 3 fully saturated rings. The Hall–Kier alpha value is -2.64. The van der Waals surface area contributed by atoms with E-state index >= 15 is 0 Å². The van der Waals surface area contributed by atoms with E-state index in [0.29, 0.717) is 38.3 Å². The molecular weight excluding hydrogens is 655 g/mol. The minimum Gasteiger partial charge on any atom is -0.346 e. The Morgan fingerprint density at radius 1 is 0.900 bits per heavy atom. The molecule has 50 heavy (non-hydrogen) atoms. The summed E-state index contributed by atoms with van der Waals surface area (Å²) in [6, 6.07) is -3.06. The van der Waals surface area contributed by atoms with Crippen LogP contribution in [0.2, 0.25) is 0 Å². The molecule has 3 rings (SSSR count). The molecule has 0 radical (unpaired) electrons. The zero-order valence-corrected chi connectivity index (χ0v) is 32.3. The van der Waals surface area contributed by atoms with E-state index in [1.165, 1.54) is 17.4 Å². The van der Waals surface area contributed by atoms with E-state index in [9.17, 15) is 24.0 Å². The van der Waals surface area contributed by atoms with Crippen molar-refractivity contribution in [3.63, 3.8) is 0 Å². The number of urea groups is 1. The molecule has 0 aromatic carbocycles. The maximum Gasteiger partial charge on any atom is 0.315 e. The van der Waals surface area contributed by atoms with Crippen molar-refractivity contribution in [2.24, 2.45) is 17.3 Å². The van der Waals surface area contributed by atoms with Gasteiger partial charge in [0.25, 0.3) is 5.91 Å². The third-order valence-electron chi connectivity index (χ3n) is 9.95. The Morgan fingerprint density at radius 3 is 2.16 bits per heavy atom. The van der Waals surface area contributed by atoms with Crippen LogP contribution in [0.1, 0.15) is 104 Å². The molecule has 0 aromatic heterocycles. The maximum atomic E-state index is 14.1. The fourth-order valence-corrected chi connectivity index (χ4v) is 7.15. The van der Waals surface area contributed by atoms with Crippen molar-refractivity contribution in [2.75, 3.05) is 46.0 Å². The molecule has 0 bridgehead atoms. The Kier molecular flexibility index (Phi) is 20.0. The van der Waals surface area contributed by atoms with Gasteiger partial charge in [0.1, 0.15) is 12.1 Å². The van der Waals surface area contributed by atoms with E-state index in [1.807, 2.05) is 34.9 Å². The highest BCUT2D eigenvalue weighted by Gasteiger charge is 2.43. The highest BCUT2D eigenvalue weighted by atomic mass is 32.1. The summed E-state index contributed by atoms with van der Waals surface area (Å²) in [4.78, 5) is 68.4. The Bertz CT molecular complexity index is 1090. The summed E-state index contributed by atoms with van der Waals surface area (Å²) in [5.41, 5.74) is -0.630. The SMILES string of the molecule is C=CCNC(=O)C(=O)C(CC1CCC1)NC(=O)C1CCCN1C(=O)C(NC(=O)NC(CNCCCCS)C1CCCCC1)C(C)(C)C.CNC. The van der Waals surface area contributed by atoms with Crippen LogP contribution in [0.3, 0.4) is 0 Å². The van der Waals surface area contributed by atoms with Gasteiger partial charge in [-0.15, -0.1) is 6.58 Å². The Balaban J connectivity index is 0.00000278. The van der Waals surface area contributed by atoms with Crippen molar-refractivity contribution in [1.82, 2.24) is 36.8 Å². The molecule has 0 aromatic rings. The van der Waals surface area contributed by atoms with Gasteiger partial charge < -0.3 is 36.8 Å². The summed E-state index contributed by atoms with van der Waals surface area (Å²) in [5, 5.41) is 17.8. The van der Waals surface area contributed by atoms with Gasteiger partial charge in [-0.25, -0.2) is 4.79 Å². The molecule has 286 valence electrons. The van der Waals surface area contributed by atoms with Gasteiger partial charge in [-0.1, -0.05) is 65.4 Å². The number of carbonyl (C=O) groups is 5. The van der Waals surface area contributed by atoms with Gasteiger partial charge in [0.2, 0.25) is 17.6 Å². The average molecular weight is 722 g/mol. The molecule has 6 N–H and O–H groups in total. The van der Waals surface area contributed by atoms with Crippen LogP contribution >= 0.6 is 12.6 Å². The fraction of sp³-hybridized carbons (Fsp3) is 0.811. The average Bonchev–Trinajstić information content (AvgIpc) is 3.56. The fourth-order valence-electron chi connectivity index (χ4n) is 6.92. The third kappa shape index (κ3) is 14.5. The van der Waals surface area contributed by atoms with Crippen molar-refractivity contribution in [2.45, 2.75) is 128 Å². The first-order valence-corrected chi connectivity index (χ1v) is 19.5. The van der Waals surface area contributed by atoms with Gasteiger partial charge in [-0.3, -0.25) is 19.2 Å². The van der Waals surface area contributed by atoms with Crippen LogP contribution in [-0.4, -0.2) is 105 Å². The number of amides is 5. The molecule has 13 heteroatoms. The molecule has 12 nitrogen and oxygen atoms in total. The first-order chi connectivity index (χ1) is 23.9. The van der Waals surface area contributed by atoms with Gasteiger partial charge in [0.15, 0.2) is 0 Å². The molecule has 4 atom stereocenters. The maximum absolute atomic E-state index is 14.1. The Labute approximate surface area is 306 Å². The summed E-state index contributed by atoms with van der Waals surface area (Å²) in [7, 11) is 3.75. The summed E-state index contributed by atoms with van der Waals surface area (Å²) in [5.74, 6) is -0.710. The van der Waals surface area contributed by atoms with Crippen molar-refractivity contribution in [3.05, 3.63) is 12.7 Å². The standard InChI is InChI=1S/C35H60N6O5S.C2H7N/c1-5-18-37-32(44)29(42)26(22-24-13-11-14-24)38-31(43)28-17-12-20-41(28)33(45)30(35(2,3)4)40-34(46)39-27(23-36-19-9-10-21-47)25-15-7-6-8-16-25;1-3-2/h5,24-28,30,36,47H,1,6-23H2,2-4H3,(H,37,44)(H,38,43)(H2,39,40,46);3H,1-2H3. The predicted molar refractivity (Wildman–Crippen MR) is 203 cm³/mol. The minimum atomic E-state index is -0.958. The topological polar surface area (TPSA) is 161 Å². The summed E-state index contributed by atoms with van der Waals surface area (Å²) in [6.07, 6.45) is 13.6. The lowest BCUT2D eigenvalue weighted by atomic mass is 9.80. The normalized spacial score (nSPS) is 19.9. The summed E-state index contributed by atoms with van der Waals surface area (Å²) in [6.45, 7) is 11.3. The Morgan fingerprint density at radius 2 is 1.58 bits per heavy atom. The lowest BCUT2D eigenvalue weighted by Crippen LogP contribution is -2.61. The number of rotatable bonds is 18. The highest BCUT2D eigenvalue weighted by molar-refractivity contribution is 7.80. The highest BCUT2D eigenvalue weighted by Crippen LogP contribution is 2.31. The molecule has 1 heterocycles. The molecule has 5 amide bonds. The number of nitrogens with zero attached hydrogens (tertiary/aromatic N) is 1. The monoisotopic (exact) mass is 721 g/mol.